The SMILES string of the molecule is CCc1cc(-n2nc(C)cc2Nc2cc(CC(=O)c3cc(C(F)(F)F)cc(C(C)(C)NCCO)c3)ccc2C)ncn1. The number of aryl methyl sites for hydroxylation is 3. The summed E-state index contributed by atoms with van der Waals surface area (Å²) in [5.74, 6) is 0.835. The second-order valence-electron chi connectivity index (χ2n) is 10.8. The second-order valence-corrected chi connectivity index (χ2v) is 10.8. The average molecular weight is 581 g/mol. The summed E-state index contributed by atoms with van der Waals surface area (Å²) < 4.78 is 43.0. The molecule has 3 N–H and O–H groups in total. The number of carbonyl (C=O) groups is 1. The van der Waals surface area contributed by atoms with E-state index in [1.54, 1.807) is 24.6 Å². The number of ketones is 1. The minimum absolute atomic E-state index is 0.0297. The number of alkyl halides is 3. The highest BCUT2D eigenvalue weighted by Crippen LogP contribution is 2.34. The molecule has 0 saturated carbocycles. The zero-order valence-electron chi connectivity index (χ0n) is 24.3. The van der Waals surface area contributed by atoms with Gasteiger partial charge in [0, 0.05) is 47.6 Å². The van der Waals surface area contributed by atoms with Crippen LogP contribution < -0.4 is 10.6 Å². The van der Waals surface area contributed by atoms with Gasteiger partial charge in [-0.2, -0.15) is 23.0 Å². The van der Waals surface area contributed by atoms with Gasteiger partial charge in [-0.3, -0.25) is 4.79 Å². The van der Waals surface area contributed by atoms with E-state index < -0.39 is 23.1 Å². The highest BCUT2D eigenvalue weighted by atomic mass is 19.4. The van der Waals surface area contributed by atoms with Crippen LogP contribution in [-0.4, -0.2) is 43.8 Å². The number of anilines is 2. The number of carbonyl (C=O) groups excluding carboxylic acids is 1. The van der Waals surface area contributed by atoms with E-state index >= 15 is 0 Å². The van der Waals surface area contributed by atoms with Crippen molar-refractivity contribution in [3.63, 3.8) is 0 Å². The summed E-state index contributed by atoms with van der Waals surface area (Å²) >= 11 is 0. The molecule has 0 bridgehead atoms. The van der Waals surface area contributed by atoms with Gasteiger partial charge >= 0.3 is 6.18 Å². The van der Waals surface area contributed by atoms with Crippen molar-refractivity contribution in [1.29, 1.82) is 0 Å². The molecule has 42 heavy (non-hydrogen) atoms. The van der Waals surface area contributed by atoms with Crippen LogP contribution in [0, 0.1) is 13.8 Å². The normalized spacial score (nSPS) is 12.0. The van der Waals surface area contributed by atoms with Crippen LogP contribution in [-0.2, 0) is 24.6 Å². The minimum Gasteiger partial charge on any atom is -0.395 e. The molecule has 0 unspecified atom stereocenters. The highest BCUT2D eigenvalue weighted by Gasteiger charge is 2.33. The van der Waals surface area contributed by atoms with E-state index in [-0.39, 0.29) is 25.1 Å². The lowest BCUT2D eigenvalue weighted by molar-refractivity contribution is -0.137. The number of benzene rings is 2. The van der Waals surface area contributed by atoms with Crippen molar-refractivity contribution in [3.05, 3.63) is 94.1 Å². The zero-order chi connectivity index (χ0) is 30.7. The van der Waals surface area contributed by atoms with E-state index in [1.165, 1.54) is 12.4 Å². The summed E-state index contributed by atoms with van der Waals surface area (Å²) in [6.45, 7) is 9.24. The fourth-order valence-corrected chi connectivity index (χ4v) is 4.58. The van der Waals surface area contributed by atoms with Crippen LogP contribution in [0.4, 0.5) is 24.7 Å². The standard InChI is InChI=1S/C31H35F3N6O2/c1-6-25-17-28(36-18-35-25)40-29(11-20(3)39-40)38-26-12-21(8-7-19(26)2)13-27(42)22-14-23(30(4,5)37-9-10-41)16-24(15-22)31(32,33)34/h7-8,11-12,14-18,37-38,41H,6,9-10,13H2,1-5H3. The number of hydrogen-bond acceptors (Lipinski definition) is 7. The molecular formula is C31H35F3N6O2. The van der Waals surface area contributed by atoms with Crippen LogP contribution in [0.15, 0.2) is 54.9 Å². The van der Waals surface area contributed by atoms with Crippen molar-refractivity contribution < 1.29 is 23.1 Å². The zero-order valence-corrected chi connectivity index (χ0v) is 24.3. The van der Waals surface area contributed by atoms with E-state index in [9.17, 15) is 23.1 Å². The van der Waals surface area contributed by atoms with Crippen molar-refractivity contribution in [2.24, 2.45) is 0 Å². The molecule has 0 spiro atoms. The fraction of sp³-hybridized carbons (Fsp3) is 0.355. The van der Waals surface area contributed by atoms with Gasteiger partial charge in [0.05, 0.1) is 17.9 Å². The minimum atomic E-state index is -4.62. The van der Waals surface area contributed by atoms with Crippen molar-refractivity contribution >= 4 is 17.3 Å². The third kappa shape index (κ3) is 7.21. The van der Waals surface area contributed by atoms with Gasteiger partial charge in [0.2, 0.25) is 0 Å². The maximum Gasteiger partial charge on any atom is 0.416 e. The fourth-order valence-electron chi connectivity index (χ4n) is 4.58. The summed E-state index contributed by atoms with van der Waals surface area (Å²) in [6.07, 6.45) is -2.47. The van der Waals surface area contributed by atoms with Gasteiger partial charge in [0.15, 0.2) is 11.6 Å². The van der Waals surface area contributed by atoms with E-state index in [1.807, 2.05) is 45.0 Å². The molecule has 222 valence electrons. The Morgan fingerprint density at radius 2 is 1.74 bits per heavy atom. The first-order valence-electron chi connectivity index (χ1n) is 13.7. The molecule has 2 aromatic heterocycles. The van der Waals surface area contributed by atoms with Gasteiger partial charge in [-0.05, 0) is 75.1 Å². The second kappa shape index (κ2) is 12.4. The summed E-state index contributed by atoms with van der Waals surface area (Å²) in [4.78, 5) is 22.0. The highest BCUT2D eigenvalue weighted by molar-refractivity contribution is 5.98. The molecule has 0 fully saturated rings. The summed E-state index contributed by atoms with van der Waals surface area (Å²) in [5.41, 5.74) is 2.41. The maximum absolute atomic E-state index is 13.8. The molecule has 2 aromatic carbocycles. The Balaban J connectivity index is 1.63. The number of halogens is 3. The van der Waals surface area contributed by atoms with Crippen LogP contribution in [0.5, 0.6) is 0 Å². The molecule has 0 saturated heterocycles. The van der Waals surface area contributed by atoms with E-state index in [0.29, 0.717) is 22.8 Å². The predicted octanol–water partition coefficient (Wildman–Crippen LogP) is 5.85. The molecule has 4 aromatic rings. The van der Waals surface area contributed by atoms with Crippen LogP contribution in [0.25, 0.3) is 5.82 Å². The number of aliphatic hydroxyl groups excluding tert-OH is 1. The molecule has 0 radical (unpaired) electrons. The van der Waals surface area contributed by atoms with E-state index in [0.717, 1.165) is 41.2 Å². The van der Waals surface area contributed by atoms with Crippen LogP contribution in [0.2, 0.25) is 0 Å². The Morgan fingerprint density at radius 1 is 1.00 bits per heavy atom. The van der Waals surface area contributed by atoms with Gasteiger partial charge in [0.1, 0.15) is 12.1 Å². The van der Waals surface area contributed by atoms with Crippen LogP contribution in [0.3, 0.4) is 0 Å². The van der Waals surface area contributed by atoms with Gasteiger partial charge < -0.3 is 15.7 Å². The number of Topliss-reactive ketones (excluding diaryl/α,β-unsaturated/α-hetero) is 1. The molecule has 0 aliphatic rings. The van der Waals surface area contributed by atoms with Gasteiger partial charge in [0.25, 0.3) is 0 Å². The molecule has 0 atom stereocenters. The van der Waals surface area contributed by atoms with E-state index in [4.69, 9.17) is 0 Å². The summed E-state index contributed by atoms with van der Waals surface area (Å²) in [6, 6.07) is 12.6. The number of nitrogens with one attached hydrogen (secondary N) is 2. The Kier molecular flexibility index (Phi) is 9.12. The first-order valence-corrected chi connectivity index (χ1v) is 13.7. The Labute approximate surface area is 243 Å². The third-order valence-electron chi connectivity index (χ3n) is 7.03. The lowest BCUT2D eigenvalue weighted by atomic mass is 9.89. The smallest absolute Gasteiger partial charge is 0.395 e. The molecule has 8 nitrogen and oxygen atoms in total. The van der Waals surface area contributed by atoms with Gasteiger partial charge in [-0.15, -0.1) is 0 Å². The Bertz CT molecular complexity index is 1580. The number of hydrogen-bond donors (Lipinski definition) is 3. The Morgan fingerprint density at radius 3 is 2.43 bits per heavy atom. The van der Waals surface area contributed by atoms with Gasteiger partial charge in [-0.25, -0.2) is 9.97 Å². The van der Waals surface area contributed by atoms with Crippen molar-refractivity contribution in [3.8, 4) is 5.82 Å². The van der Waals surface area contributed by atoms with Crippen molar-refractivity contribution in [1.82, 2.24) is 25.1 Å². The van der Waals surface area contributed by atoms with Crippen LogP contribution >= 0.6 is 0 Å². The lowest BCUT2D eigenvalue weighted by Crippen LogP contribution is -2.38. The molecule has 0 aliphatic carbocycles. The number of nitrogens with zero attached hydrogens (tertiary/aromatic N) is 4. The monoisotopic (exact) mass is 580 g/mol. The maximum atomic E-state index is 13.8. The predicted molar refractivity (Wildman–Crippen MR) is 155 cm³/mol. The molecule has 4 rings (SSSR count). The largest absolute Gasteiger partial charge is 0.416 e. The third-order valence-corrected chi connectivity index (χ3v) is 7.03. The van der Waals surface area contributed by atoms with Crippen LogP contribution in [0.1, 0.15) is 64.8 Å². The first kappa shape index (κ1) is 30.9. The number of rotatable bonds is 11. The molecule has 11 heteroatoms. The van der Waals surface area contributed by atoms with E-state index in [2.05, 4.69) is 25.7 Å². The molecular weight excluding hydrogens is 545 g/mol. The average Bonchev–Trinajstić information content (AvgIpc) is 3.32. The van der Waals surface area contributed by atoms with Gasteiger partial charge in [-0.1, -0.05) is 19.1 Å². The summed E-state index contributed by atoms with van der Waals surface area (Å²) in [7, 11) is 0. The van der Waals surface area contributed by atoms with Crippen molar-refractivity contribution in [2.45, 2.75) is 59.2 Å². The molecule has 0 aliphatic heterocycles. The quantitative estimate of drug-likeness (QED) is 0.191. The number of aliphatic hydroxyl groups is 1. The topological polar surface area (TPSA) is 105 Å². The first-order chi connectivity index (χ1) is 19.8. The molecule has 0 amide bonds. The van der Waals surface area contributed by atoms with Crippen molar-refractivity contribution in [2.75, 3.05) is 18.5 Å². The summed E-state index contributed by atoms with van der Waals surface area (Å²) in [5, 5.41) is 20.2. The lowest BCUT2D eigenvalue weighted by Gasteiger charge is -2.28. The Hall–Kier alpha value is -4.09. The number of aromatic nitrogens is 4. The molecule has 2 heterocycles.